The van der Waals surface area contributed by atoms with Gasteiger partial charge in [-0.1, -0.05) is 48.9 Å². The van der Waals surface area contributed by atoms with Crippen LogP contribution in [0.25, 0.3) is 16.4 Å². The number of aromatic nitrogens is 3. The molecule has 0 amide bonds. The third-order valence-electron chi connectivity index (χ3n) is 7.51. The standard InChI is InChI=1S/C33H30N4O3S3/c1-20-16-24(11-15-30(20)43(34)40)18-27-29(14-10-22-7-8-22)37(33-35-28(19-41-33)32(38)39)36-31(27)25-5-3-4-23(17-25)9-13-26-12-6-21(2)42-26/h3-6,11-12,15-17,19,22H,7-8,10,14,18,34H2,1-2H3,(H,38,39). The molecular weight excluding hydrogens is 597 g/mol. The second kappa shape index (κ2) is 12.5. The number of nitrogens with two attached hydrogens (primary N) is 1. The summed E-state index contributed by atoms with van der Waals surface area (Å²) in [5.74, 6) is 6.22. The Hall–Kier alpha value is -3.72. The van der Waals surface area contributed by atoms with Crippen molar-refractivity contribution in [3.8, 4) is 28.2 Å². The quantitative estimate of drug-likeness (QED) is 0.139. The molecule has 43 heavy (non-hydrogen) atoms. The molecule has 6 rings (SSSR count). The van der Waals surface area contributed by atoms with Gasteiger partial charge >= 0.3 is 5.97 Å². The molecule has 218 valence electrons. The lowest BCUT2D eigenvalue weighted by atomic mass is 9.95. The van der Waals surface area contributed by atoms with Crippen molar-refractivity contribution in [1.82, 2.24) is 14.8 Å². The first kappa shape index (κ1) is 29.4. The predicted octanol–water partition coefficient (Wildman–Crippen LogP) is 6.69. The Bertz CT molecular complexity index is 1870. The van der Waals surface area contributed by atoms with Gasteiger partial charge < -0.3 is 9.66 Å². The molecule has 5 aromatic rings. The van der Waals surface area contributed by atoms with Crippen LogP contribution in [0.1, 0.15) is 67.5 Å². The number of carboxylic acid groups (broad SMARTS) is 1. The number of hydrogen-bond donors (Lipinski definition) is 2. The molecule has 3 N–H and O–H groups in total. The maximum absolute atomic E-state index is 12.0. The zero-order valence-corrected chi connectivity index (χ0v) is 26.2. The monoisotopic (exact) mass is 626 g/mol. The van der Waals surface area contributed by atoms with E-state index in [2.05, 4.69) is 35.9 Å². The molecule has 0 bridgehead atoms. The van der Waals surface area contributed by atoms with Crippen molar-refractivity contribution >= 4 is 40.0 Å². The number of thiophene rings is 1. The zero-order chi connectivity index (χ0) is 30.1. The van der Waals surface area contributed by atoms with Crippen LogP contribution in [0.4, 0.5) is 0 Å². The number of rotatable bonds is 9. The van der Waals surface area contributed by atoms with Gasteiger partial charge in [-0.2, -0.15) is 5.10 Å². The fourth-order valence-corrected chi connectivity index (χ4v) is 7.23. The Labute approximate surface area is 261 Å². The van der Waals surface area contributed by atoms with Crippen LogP contribution in [0.2, 0.25) is 0 Å². The van der Waals surface area contributed by atoms with Gasteiger partial charge in [0.15, 0.2) is 10.6 Å². The average Bonchev–Trinajstić information content (AvgIpc) is 3.34. The second-order valence-corrected chi connectivity index (χ2v) is 14.0. The van der Waals surface area contributed by atoms with Gasteiger partial charge in [0.1, 0.15) is 0 Å². The number of carbonyl (C=O) groups is 1. The highest BCUT2D eigenvalue weighted by Crippen LogP contribution is 2.37. The maximum atomic E-state index is 12.0. The fraction of sp³-hybridized carbons (Fsp3) is 0.242. The number of hydrogen-bond acceptors (Lipinski definition) is 7. The van der Waals surface area contributed by atoms with Crippen molar-refractivity contribution in [2.45, 2.75) is 50.8 Å². The van der Waals surface area contributed by atoms with Crippen LogP contribution in [0, 0.1) is 31.6 Å². The van der Waals surface area contributed by atoms with Crippen molar-refractivity contribution in [2.75, 3.05) is 0 Å². The number of nitrogens with zero attached hydrogens (tertiary/aromatic N) is 3. The molecule has 1 aliphatic rings. The van der Waals surface area contributed by atoms with E-state index in [0.29, 0.717) is 22.4 Å². The van der Waals surface area contributed by atoms with Gasteiger partial charge in [0, 0.05) is 38.9 Å². The smallest absolute Gasteiger partial charge is 0.355 e. The molecule has 1 fully saturated rings. The minimum absolute atomic E-state index is 0.00817. The van der Waals surface area contributed by atoms with Gasteiger partial charge in [-0.05, 0) is 68.5 Å². The molecule has 0 saturated heterocycles. The van der Waals surface area contributed by atoms with Crippen LogP contribution >= 0.6 is 22.7 Å². The van der Waals surface area contributed by atoms with Crippen LogP contribution < -0.4 is 5.14 Å². The van der Waals surface area contributed by atoms with Gasteiger partial charge in [-0.15, -0.1) is 27.8 Å². The number of aromatic carboxylic acids is 1. The summed E-state index contributed by atoms with van der Waals surface area (Å²) in [6.07, 6.45) is 4.90. The third-order valence-corrected chi connectivity index (χ3v) is 10.1. The van der Waals surface area contributed by atoms with E-state index in [9.17, 15) is 14.5 Å². The summed E-state index contributed by atoms with van der Waals surface area (Å²) < 4.78 is 13.8. The van der Waals surface area contributed by atoms with Crippen LogP contribution in [-0.4, -0.2) is 30.4 Å². The lowest BCUT2D eigenvalue weighted by Crippen LogP contribution is -2.13. The van der Waals surface area contributed by atoms with E-state index in [0.717, 1.165) is 56.9 Å². The Morgan fingerprint density at radius 2 is 2.00 bits per heavy atom. The number of aryl methyl sites for hydroxylation is 2. The molecule has 3 aromatic heterocycles. The molecule has 2 aromatic carbocycles. The minimum Gasteiger partial charge on any atom is -0.593 e. The van der Waals surface area contributed by atoms with Gasteiger partial charge in [-0.25, -0.2) is 14.5 Å². The molecular formula is C33H30N4O3S3. The predicted molar refractivity (Wildman–Crippen MR) is 172 cm³/mol. The molecule has 1 aliphatic carbocycles. The second-order valence-electron chi connectivity index (χ2n) is 10.8. The molecule has 1 saturated carbocycles. The molecule has 0 spiro atoms. The normalized spacial score (nSPS) is 13.5. The lowest BCUT2D eigenvalue weighted by molar-refractivity contribution is 0.0691. The van der Waals surface area contributed by atoms with E-state index >= 15 is 0 Å². The number of benzene rings is 2. The highest BCUT2D eigenvalue weighted by atomic mass is 32.2. The SMILES string of the molecule is Cc1ccc(C#Cc2cccc(-c3nn(-c4nc(C(=O)O)cs4)c(CCC4CC4)c3Cc3ccc([S+](N)[O-])c(C)c3)c2)s1. The summed E-state index contributed by atoms with van der Waals surface area (Å²) in [5, 5.41) is 22.4. The maximum Gasteiger partial charge on any atom is 0.355 e. The van der Waals surface area contributed by atoms with E-state index in [1.54, 1.807) is 16.7 Å². The highest BCUT2D eigenvalue weighted by molar-refractivity contribution is 7.89. The summed E-state index contributed by atoms with van der Waals surface area (Å²) in [6, 6.07) is 18.0. The first-order chi connectivity index (χ1) is 20.7. The Morgan fingerprint density at radius 3 is 2.67 bits per heavy atom. The van der Waals surface area contributed by atoms with Gasteiger partial charge in [0.2, 0.25) is 5.13 Å². The topological polar surface area (TPSA) is 117 Å². The van der Waals surface area contributed by atoms with Crippen molar-refractivity contribution in [3.63, 3.8) is 0 Å². The van der Waals surface area contributed by atoms with Gasteiger partial charge in [0.05, 0.1) is 27.6 Å². The molecule has 3 heterocycles. The van der Waals surface area contributed by atoms with Gasteiger partial charge in [-0.3, -0.25) is 0 Å². The van der Waals surface area contributed by atoms with Crippen LogP contribution in [-0.2, 0) is 24.2 Å². The molecule has 1 atom stereocenters. The summed E-state index contributed by atoms with van der Waals surface area (Å²) in [7, 11) is 0. The lowest BCUT2D eigenvalue weighted by Gasteiger charge is -2.11. The van der Waals surface area contributed by atoms with E-state index in [1.165, 1.54) is 29.1 Å². The van der Waals surface area contributed by atoms with Gasteiger partial charge in [0.25, 0.3) is 0 Å². The summed E-state index contributed by atoms with van der Waals surface area (Å²) in [5.41, 5.74) is 6.66. The third kappa shape index (κ3) is 6.77. The molecule has 1 unspecified atom stereocenters. The fourth-order valence-electron chi connectivity index (χ4n) is 5.16. The summed E-state index contributed by atoms with van der Waals surface area (Å²) in [6.45, 7) is 3.99. The Kier molecular flexibility index (Phi) is 8.52. The molecule has 10 heteroatoms. The van der Waals surface area contributed by atoms with Crippen LogP contribution in [0.5, 0.6) is 0 Å². The van der Waals surface area contributed by atoms with Crippen LogP contribution in [0.15, 0.2) is 64.9 Å². The van der Waals surface area contributed by atoms with Crippen molar-refractivity contribution < 1.29 is 14.5 Å². The summed E-state index contributed by atoms with van der Waals surface area (Å²) >= 11 is 1.39. The highest BCUT2D eigenvalue weighted by Gasteiger charge is 2.27. The molecule has 0 aliphatic heterocycles. The Balaban J connectivity index is 1.48. The Morgan fingerprint density at radius 1 is 1.16 bits per heavy atom. The first-order valence-electron chi connectivity index (χ1n) is 14.0. The zero-order valence-electron chi connectivity index (χ0n) is 23.8. The van der Waals surface area contributed by atoms with E-state index in [1.807, 2.05) is 54.1 Å². The number of thiazole rings is 1. The van der Waals surface area contributed by atoms with E-state index in [4.69, 9.17) is 10.2 Å². The average molecular weight is 627 g/mol. The molecule has 0 radical (unpaired) electrons. The summed E-state index contributed by atoms with van der Waals surface area (Å²) in [4.78, 5) is 18.9. The van der Waals surface area contributed by atoms with Crippen molar-refractivity contribution in [1.29, 1.82) is 0 Å². The van der Waals surface area contributed by atoms with Crippen molar-refractivity contribution in [2.24, 2.45) is 11.1 Å². The largest absolute Gasteiger partial charge is 0.593 e. The van der Waals surface area contributed by atoms with Crippen LogP contribution in [0.3, 0.4) is 0 Å². The van der Waals surface area contributed by atoms with Crippen molar-refractivity contribution in [3.05, 3.63) is 103 Å². The first-order valence-corrected chi connectivity index (χ1v) is 16.9. The molecule has 7 nitrogen and oxygen atoms in total. The van der Waals surface area contributed by atoms with E-state index < -0.39 is 17.3 Å². The van der Waals surface area contributed by atoms with E-state index in [-0.39, 0.29) is 5.69 Å². The number of carboxylic acids is 1. The minimum atomic E-state index is -1.56.